The van der Waals surface area contributed by atoms with Crippen molar-refractivity contribution in [3.05, 3.63) is 64.2 Å². The monoisotopic (exact) mass is 477 g/mol. The van der Waals surface area contributed by atoms with Gasteiger partial charge in [-0.05, 0) is 67.8 Å². The van der Waals surface area contributed by atoms with Crippen LogP contribution in [-0.2, 0) is 17.5 Å². The number of aryl methyl sites for hydroxylation is 1. The van der Waals surface area contributed by atoms with Gasteiger partial charge in [0.15, 0.2) is 0 Å². The number of rotatable bonds is 13. The Morgan fingerprint density at radius 2 is 1.77 bits per heavy atom. The molecule has 0 amide bonds. The average Bonchev–Trinajstić information content (AvgIpc) is 2.68. The van der Waals surface area contributed by atoms with E-state index in [1.54, 1.807) is 18.2 Å². The summed E-state index contributed by atoms with van der Waals surface area (Å²) in [4.78, 5) is 18.3. The minimum Gasteiger partial charge on any atom is -0.324 e. The van der Waals surface area contributed by atoms with Crippen molar-refractivity contribution in [3.63, 3.8) is 0 Å². The Balaban J connectivity index is 1.67. The molecule has 0 bridgehead atoms. The lowest BCUT2D eigenvalue weighted by atomic mass is 10.1. The lowest BCUT2D eigenvalue weighted by Crippen LogP contribution is -2.16. The fraction of sp³-hybridized carbons (Fsp3) is 0.429. The molecule has 2 aromatic carbocycles. The standard InChI is InChI=1S/C21H27ClF2NO3PS/c22-19-13-17(15-25-10-4-11-29(26,27)28)20(24)14-21(19)30-12-3-1-2-5-16-6-8-18(23)9-7-16/h6-9,13-14,25H,1-5,10-12,15H2,(H2,26,27,28). The van der Waals surface area contributed by atoms with Gasteiger partial charge in [-0.25, -0.2) is 8.78 Å². The molecular weight excluding hydrogens is 451 g/mol. The summed E-state index contributed by atoms with van der Waals surface area (Å²) in [5.41, 5.74) is 1.56. The van der Waals surface area contributed by atoms with E-state index in [1.807, 2.05) is 0 Å². The fourth-order valence-electron chi connectivity index (χ4n) is 2.89. The molecule has 0 aliphatic heterocycles. The van der Waals surface area contributed by atoms with Crippen LogP contribution in [0.1, 0.15) is 36.8 Å². The Bertz CT molecular complexity index is 849. The van der Waals surface area contributed by atoms with Crippen LogP contribution < -0.4 is 5.32 Å². The molecule has 0 atom stereocenters. The molecule has 0 unspecified atom stereocenters. The normalized spacial score (nSPS) is 11.8. The molecule has 30 heavy (non-hydrogen) atoms. The van der Waals surface area contributed by atoms with Gasteiger partial charge in [-0.1, -0.05) is 30.2 Å². The van der Waals surface area contributed by atoms with Gasteiger partial charge in [0.05, 0.1) is 11.2 Å². The van der Waals surface area contributed by atoms with Gasteiger partial charge in [0.1, 0.15) is 11.6 Å². The van der Waals surface area contributed by atoms with Gasteiger partial charge in [0.2, 0.25) is 0 Å². The van der Waals surface area contributed by atoms with Crippen molar-refractivity contribution in [2.45, 2.75) is 43.5 Å². The van der Waals surface area contributed by atoms with E-state index in [9.17, 15) is 13.3 Å². The molecule has 0 fully saturated rings. The smallest absolute Gasteiger partial charge is 0.324 e. The minimum absolute atomic E-state index is 0.192. The molecule has 166 valence electrons. The highest BCUT2D eigenvalue weighted by molar-refractivity contribution is 7.99. The van der Waals surface area contributed by atoms with Crippen LogP contribution >= 0.6 is 31.0 Å². The van der Waals surface area contributed by atoms with Gasteiger partial charge in [-0.15, -0.1) is 11.8 Å². The third kappa shape index (κ3) is 9.90. The molecule has 2 rings (SSSR count). The molecule has 0 saturated heterocycles. The molecule has 0 heterocycles. The van der Waals surface area contributed by atoms with Crippen LogP contribution in [0.25, 0.3) is 0 Å². The number of benzene rings is 2. The van der Waals surface area contributed by atoms with Crippen molar-refractivity contribution in [3.8, 4) is 0 Å². The second kappa shape index (κ2) is 12.8. The van der Waals surface area contributed by atoms with Gasteiger partial charge >= 0.3 is 7.60 Å². The van der Waals surface area contributed by atoms with E-state index in [-0.39, 0.29) is 24.3 Å². The maximum absolute atomic E-state index is 14.3. The second-order valence-electron chi connectivity index (χ2n) is 7.08. The van der Waals surface area contributed by atoms with Gasteiger partial charge in [-0.3, -0.25) is 4.57 Å². The second-order valence-corrected chi connectivity index (χ2v) is 10.4. The quantitative estimate of drug-likeness (QED) is 0.194. The molecule has 0 radical (unpaired) electrons. The summed E-state index contributed by atoms with van der Waals surface area (Å²) in [6.45, 7) is 0.637. The summed E-state index contributed by atoms with van der Waals surface area (Å²) in [5.74, 6) is 0.268. The van der Waals surface area contributed by atoms with E-state index in [0.717, 1.165) is 37.0 Å². The van der Waals surface area contributed by atoms with Crippen LogP contribution in [0, 0.1) is 11.6 Å². The Morgan fingerprint density at radius 3 is 2.47 bits per heavy atom. The van der Waals surface area contributed by atoms with Gasteiger partial charge in [-0.2, -0.15) is 0 Å². The van der Waals surface area contributed by atoms with Crippen LogP contribution in [0.4, 0.5) is 8.78 Å². The maximum atomic E-state index is 14.3. The van der Waals surface area contributed by atoms with Crippen LogP contribution in [0.15, 0.2) is 41.3 Å². The summed E-state index contributed by atoms with van der Waals surface area (Å²) < 4.78 is 38.0. The maximum Gasteiger partial charge on any atom is 0.325 e. The first-order valence-electron chi connectivity index (χ1n) is 9.85. The van der Waals surface area contributed by atoms with Gasteiger partial charge < -0.3 is 15.1 Å². The van der Waals surface area contributed by atoms with Crippen molar-refractivity contribution < 1.29 is 23.1 Å². The first-order chi connectivity index (χ1) is 14.2. The zero-order valence-corrected chi connectivity index (χ0v) is 19.1. The zero-order valence-electron chi connectivity index (χ0n) is 16.6. The van der Waals surface area contributed by atoms with Gasteiger partial charge in [0, 0.05) is 17.0 Å². The number of hydrogen-bond acceptors (Lipinski definition) is 3. The number of thioether (sulfide) groups is 1. The largest absolute Gasteiger partial charge is 0.325 e. The third-order valence-electron chi connectivity index (χ3n) is 4.50. The third-order valence-corrected chi connectivity index (χ3v) is 6.97. The van der Waals surface area contributed by atoms with Crippen LogP contribution in [0.2, 0.25) is 5.02 Å². The van der Waals surface area contributed by atoms with Crippen LogP contribution in [0.3, 0.4) is 0 Å². The molecule has 0 aromatic heterocycles. The Hall–Kier alpha value is -0.950. The first kappa shape index (κ1) is 25.3. The van der Waals surface area contributed by atoms with Crippen molar-refractivity contribution in [2.75, 3.05) is 18.5 Å². The molecule has 0 spiro atoms. The van der Waals surface area contributed by atoms with Crippen molar-refractivity contribution in [2.24, 2.45) is 0 Å². The van der Waals surface area contributed by atoms with Crippen molar-refractivity contribution >= 4 is 31.0 Å². The van der Waals surface area contributed by atoms with E-state index >= 15 is 0 Å². The average molecular weight is 478 g/mol. The highest BCUT2D eigenvalue weighted by Crippen LogP contribution is 2.34. The number of halogens is 3. The molecule has 4 nitrogen and oxygen atoms in total. The Morgan fingerprint density at radius 1 is 1.03 bits per heavy atom. The lowest BCUT2D eigenvalue weighted by molar-refractivity contribution is 0.371. The molecular formula is C21H27ClF2NO3PS. The summed E-state index contributed by atoms with van der Waals surface area (Å²) in [5, 5.41) is 3.47. The van der Waals surface area contributed by atoms with Crippen LogP contribution in [-0.4, -0.2) is 28.2 Å². The van der Waals surface area contributed by atoms with Gasteiger partial charge in [0.25, 0.3) is 0 Å². The predicted molar refractivity (Wildman–Crippen MR) is 119 cm³/mol. The minimum atomic E-state index is -3.99. The predicted octanol–water partition coefficient (Wildman–Crippen LogP) is 5.78. The lowest BCUT2D eigenvalue weighted by Gasteiger charge is -2.10. The highest BCUT2D eigenvalue weighted by Gasteiger charge is 2.12. The summed E-state index contributed by atoms with van der Waals surface area (Å²) in [6, 6.07) is 9.61. The fourth-order valence-corrected chi connectivity index (χ4v) is 4.76. The molecule has 0 saturated carbocycles. The van der Waals surface area contributed by atoms with E-state index in [0.29, 0.717) is 28.4 Å². The number of unbranched alkanes of at least 4 members (excludes halogenated alkanes) is 2. The summed E-state index contributed by atoms with van der Waals surface area (Å²) >= 11 is 7.81. The van der Waals surface area contributed by atoms with Crippen molar-refractivity contribution in [1.82, 2.24) is 5.32 Å². The molecule has 0 aliphatic carbocycles. The van der Waals surface area contributed by atoms with Crippen molar-refractivity contribution in [1.29, 1.82) is 0 Å². The highest BCUT2D eigenvalue weighted by atomic mass is 35.5. The Labute approximate surface area is 185 Å². The number of hydrogen-bond donors (Lipinski definition) is 3. The summed E-state index contributed by atoms with van der Waals surface area (Å²) in [6.07, 6.45) is 4.06. The van der Waals surface area contributed by atoms with E-state index < -0.39 is 7.60 Å². The molecule has 9 heteroatoms. The first-order valence-corrected chi connectivity index (χ1v) is 13.0. The molecule has 2 aromatic rings. The van der Waals surface area contributed by atoms with E-state index in [2.05, 4.69) is 5.32 Å². The zero-order chi connectivity index (χ0) is 22.0. The van der Waals surface area contributed by atoms with E-state index in [4.69, 9.17) is 21.4 Å². The SMILES string of the molecule is O=P(O)(O)CCCNCc1cc(Cl)c(SCCCCCc2ccc(F)cc2)cc1F. The van der Waals surface area contributed by atoms with Crippen LogP contribution in [0.5, 0.6) is 0 Å². The van der Waals surface area contributed by atoms with E-state index in [1.165, 1.54) is 30.0 Å². The topological polar surface area (TPSA) is 69.6 Å². The number of nitrogens with one attached hydrogen (secondary N) is 1. The summed E-state index contributed by atoms with van der Waals surface area (Å²) in [7, 11) is -3.99. The Kier molecular flexibility index (Phi) is 10.8. The molecule has 3 N–H and O–H groups in total. The molecule has 0 aliphatic rings.